The van der Waals surface area contributed by atoms with Crippen LogP contribution in [0.25, 0.3) is 0 Å². The van der Waals surface area contributed by atoms with Crippen molar-refractivity contribution < 1.29 is 17.9 Å². The topological polar surface area (TPSA) is 75.7 Å². The maximum Gasteiger partial charge on any atom is 0.243 e. The molecule has 1 amide bonds. The van der Waals surface area contributed by atoms with Crippen LogP contribution in [0.3, 0.4) is 0 Å². The molecule has 0 saturated carbocycles. The first-order chi connectivity index (χ1) is 11.9. The zero-order valence-electron chi connectivity index (χ0n) is 17.0. The van der Waals surface area contributed by atoms with Crippen LogP contribution in [0.2, 0.25) is 0 Å². The van der Waals surface area contributed by atoms with Crippen LogP contribution < -0.4 is 14.4 Å². The number of nitrogens with one attached hydrogen (secondary N) is 1. The summed E-state index contributed by atoms with van der Waals surface area (Å²) in [7, 11) is -2.22. The Balaban J connectivity index is 3.31. The van der Waals surface area contributed by atoms with E-state index >= 15 is 0 Å². The molecule has 0 saturated heterocycles. The van der Waals surface area contributed by atoms with E-state index in [-0.39, 0.29) is 23.8 Å². The van der Waals surface area contributed by atoms with E-state index in [1.54, 1.807) is 19.1 Å². The molecule has 0 aliphatic rings. The van der Waals surface area contributed by atoms with E-state index in [9.17, 15) is 13.2 Å². The maximum absolute atomic E-state index is 12.9. The number of carbonyl (C=O) groups excluding carboxylic acids is 1. The van der Waals surface area contributed by atoms with Crippen LogP contribution in [0.4, 0.5) is 5.69 Å². The molecule has 0 heterocycles. The molecule has 0 spiro atoms. The molecule has 1 atom stereocenters. The zero-order valence-corrected chi connectivity index (χ0v) is 17.8. The Morgan fingerprint density at radius 1 is 1.12 bits per heavy atom. The second-order valence-corrected chi connectivity index (χ2v) is 9.29. The summed E-state index contributed by atoms with van der Waals surface area (Å²) >= 11 is 0. The quantitative estimate of drug-likeness (QED) is 0.748. The molecule has 148 valence electrons. The number of nitrogens with zero attached hydrogens (tertiary/aromatic N) is 1. The van der Waals surface area contributed by atoms with Gasteiger partial charge >= 0.3 is 0 Å². The van der Waals surface area contributed by atoms with Gasteiger partial charge in [0.05, 0.1) is 19.1 Å². The van der Waals surface area contributed by atoms with Crippen molar-refractivity contribution in [1.29, 1.82) is 0 Å². The summed E-state index contributed by atoms with van der Waals surface area (Å²) in [6.07, 6.45) is 1.10. The number of amides is 1. The minimum atomic E-state index is -3.70. The van der Waals surface area contributed by atoms with E-state index in [1.807, 2.05) is 40.7 Å². The number of rotatable bonds is 8. The molecule has 7 heteroatoms. The van der Waals surface area contributed by atoms with Crippen molar-refractivity contribution in [1.82, 2.24) is 5.32 Å². The molecule has 1 aromatic rings. The van der Waals surface area contributed by atoms with E-state index < -0.39 is 16.1 Å². The largest absolute Gasteiger partial charge is 0.495 e. The number of ether oxygens (including phenoxy) is 1. The molecule has 0 bridgehead atoms. The van der Waals surface area contributed by atoms with Crippen LogP contribution in [0, 0.1) is 18.8 Å². The third-order valence-corrected chi connectivity index (χ3v) is 5.63. The van der Waals surface area contributed by atoms with Crippen LogP contribution in [0.5, 0.6) is 5.75 Å². The third-order valence-electron chi connectivity index (χ3n) is 4.41. The number of anilines is 1. The lowest BCUT2D eigenvalue weighted by molar-refractivity contribution is -0.123. The van der Waals surface area contributed by atoms with E-state index in [2.05, 4.69) is 5.32 Å². The molecular weight excluding hydrogens is 352 g/mol. The average molecular weight is 385 g/mol. The fraction of sp³-hybridized carbons (Fsp3) is 0.632. The monoisotopic (exact) mass is 384 g/mol. The van der Waals surface area contributed by atoms with Gasteiger partial charge in [0, 0.05) is 6.04 Å². The smallest absolute Gasteiger partial charge is 0.243 e. The van der Waals surface area contributed by atoms with Gasteiger partial charge in [0.2, 0.25) is 15.9 Å². The van der Waals surface area contributed by atoms with Gasteiger partial charge in [-0.25, -0.2) is 8.42 Å². The number of benzene rings is 1. The Hall–Kier alpha value is -1.76. The Morgan fingerprint density at radius 2 is 1.65 bits per heavy atom. The van der Waals surface area contributed by atoms with Gasteiger partial charge in [-0.15, -0.1) is 0 Å². The van der Waals surface area contributed by atoms with Gasteiger partial charge in [0.1, 0.15) is 11.8 Å². The van der Waals surface area contributed by atoms with Crippen molar-refractivity contribution >= 4 is 21.6 Å². The number of hydrogen-bond acceptors (Lipinski definition) is 4. The Labute approximate surface area is 158 Å². The summed E-state index contributed by atoms with van der Waals surface area (Å²) in [6, 6.07) is 4.32. The van der Waals surface area contributed by atoms with Crippen molar-refractivity contribution in [3.8, 4) is 5.75 Å². The number of sulfonamides is 1. The number of aryl methyl sites for hydroxylation is 1. The van der Waals surface area contributed by atoms with E-state index in [0.717, 1.165) is 16.1 Å². The predicted molar refractivity (Wildman–Crippen MR) is 106 cm³/mol. The lowest BCUT2D eigenvalue weighted by atomic mass is 9.93. The van der Waals surface area contributed by atoms with Crippen LogP contribution in [0.1, 0.15) is 40.2 Å². The Morgan fingerprint density at radius 3 is 2.08 bits per heavy atom. The first-order valence-electron chi connectivity index (χ1n) is 8.84. The highest BCUT2D eigenvalue weighted by Gasteiger charge is 2.33. The van der Waals surface area contributed by atoms with Gasteiger partial charge in [0.25, 0.3) is 0 Å². The van der Waals surface area contributed by atoms with Gasteiger partial charge in [-0.1, -0.05) is 33.8 Å². The summed E-state index contributed by atoms with van der Waals surface area (Å²) < 4.78 is 31.5. The molecule has 0 aliphatic carbocycles. The highest BCUT2D eigenvalue weighted by Crippen LogP contribution is 2.32. The SMILES string of the molecule is COc1ccc(C)cc1N([C@@H](C)C(=O)NC(C(C)C)C(C)C)S(C)(=O)=O. The molecule has 0 aliphatic heterocycles. The molecule has 0 unspecified atom stereocenters. The molecule has 1 rings (SSSR count). The summed E-state index contributed by atoms with van der Waals surface area (Å²) in [6.45, 7) is 11.6. The summed E-state index contributed by atoms with van der Waals surface area (Å²) in [5.74, 6) is 0.564. The third kappa shape index (κ3) is 5.37. The highest BCUT2D eigenvalue weighted by molar-refractivity contribution is 7.92. The van der Waals surface area contributed by atoms with Gasteiger partial charge in [-0.3, -0.25) is 9.10 Å². The number of hydrogen-bond donors (Lipinski definition) is 1. The van der Waals surface area contributed by atoms with Crippen molar-refractivity contribution in [2.75, 3.05) is 17.7 Å². The number of carbonyl (C=O) groups is 1. The lowest BCUT2D eigenvalue weighted by Crippen LogP contribution is -2.52. The second kappa shape index (κ2) is 8.75. The van der Waals surface area contributed by atoms with Crippen LogP contribution in [-0.2, 0) is 14.8 Å². The zero-order chi connectivity index (χ0) is 20.2. The average Bonchev–Trinajstić information content (AvgIpc) is 2.50. The Bertz CT molecular complexity index is 721. The van der Waals surface area contributed by atoms with Crippen molar-refractivity contribution in [3.63, 3.8) is 0 Å². The van der Waals surface area contributed by atoms with Crippen LogP contribution in [0.15, 0.2) is 18.2 Å². The van der Waals surface area contributed by atoms with Crippen molar-refractivity contribution in [2.45, 2.75) is 53.6 Å². The van der Waals surface area contributed by atoms with E-state index in [1.165, 1.54) is 7.11 Å². The van der Waals surface area contributed by atoms with E-state index in [4.69, 9.17) is 4.74 Å². The number of methoxy groups -OCH3 is 1. The van der Waals surface area contributed by atoms with Gasteiger partial charge < -0.3 is 10.1 Å². The summed E-state index contributed by atoms with van der Waals surface area (Å²) in [4.78, 5) is 12.9. The maximum atomic E-state index is 12.9. The predicted octanol–water partition coefficient (Wildman–Crippen LogP) is 2.95. The molecule has 0 fully saturated rings. The highest BCUT2D eigenvalue weighted by atomic mass is 32.2. The molecule has 1 aromatic carbocycles. The molecule has 26 heavy (non-hydrogen) atoms. The van der Waals surface area contributed by atoms with Gasteiger partial charge in [-0.2, -0.15) is 0 Å². The first-order valence-corrected chi connectivity index (χ1v) is 10.7. The van der Waals surface area contributed by atoms with Gasteiger partial charge in [0.15, 0.2) is 0 Å². The summed E-state index contributed by atoms with van der Waals surface area (Å²) in [5.41, 5.74) is 1.24. The Kier molecular flexibility index (Phi) is 7.50. The molecule has 0 radical (unpaired) electrons. The minimum Gasteiger partial charge on any atom is -0.495 e. The van der Waals surface area contributed by atoms with Crippen molar-refractivity contribution in [2.24, 2.45) is 11.8 Å². The lowest BCUT2D eigenvalue weighted by Gasteiger charge is -2.32. The normalized spacial score (nSPS) is 13.2. The molecular formula is C19H32N2O4S. The van der Waals surface area contributed by atoms with Gasteiger partial charge in [-0.05, 0) is 43.4 Å². The van der Waals surface area contributed by atoms with E-state index in [0.29, 0.717) is 11.4 Å². The standard InChI is InChI=1S/C19H32N2O4S/c1-12(2)18(13(3)4)20-19(22)15(6)21(26(8,23)24)16-11-14(5)9-10-17(16)25-7/h9-13,15,18H,1-8H3,(H,20,22)/t15-/m0/s1. The minimum absolute atomic E-state index is 0.0363. The fourth-order valence-electron chi connectivity index (χ4n) is 3.14. The second-order valence-electron chi connectivity index (χ2n) is 7.43. The molecule has 0 aromatic heterocycles. The van der Waals surface area contributed by atoms with Crippen molar-refractivity contribution in [3.05, 3.63) is 23.8 Å². The molecule has 6 nitrogen and oxygen atoms in total. The first kappa shape index (κ1) is 22.3. The fourth-order valence-corrected chi connectivity index (χ4v) is 4.31. The summed E-state index contributed by atoms with van der Waals surface area (Å²) in [5, 5.41) is 3.00. The molecule has 1 N–H and O–H groups in total. The van der Waals surface area contributed by atoms with Crippen LogP contribution in [-0.4, -0.2) is 39.8 Å². The van der Waals surface area contributed by atoms with Crippen LogP contribution >= 0.6 is 0 Å².